The standard InChI is InChI=1S/C13H26N2O4S/c1-18-12-5-6-15(11(8-12)9-14)20(16,17)10-13-4-2-3-7-19-13/h11-13H,2-10,14H2,1H3. The van der Waals surface area contributed by atoms with Crippen molar-refractivity contribution in [1.29, 1.82) is 0 Å². The molecule has 0 aromatic carbocycles. The molecule has 0 aromatic rings. The Morgan fingerprint density at radius 1 is 1.35 bits per heavy atom. The molecule has 0 saturated carbocycles. The summed E-state index contributed by atoms with van der Waals surface area (Å²) in [5, 5.41) is 0. The maximum absolute atomic E-state index is 12.6. The molecule has 2 saturated heterocycles. The van der Waals surface area contributed by atoms with Crippen LogP contribution in [0.4, 0.5) is 0 Å². The first-order chi connectivity index (χ1) is 9.56. The number of rotatable bonds is 5. The molecular weight excluding hydrogens is 280 g/mol. The second-order valence-electron chi connectivity index (χ2n) is 5.65. The minimum atomic E-state index is -3.30. The largest absolute Gasteiger partial charge is 0.381 e. The van der Waals surface area contributed by atoms with E-state index in [-0.39, 0.29) is 24.0 Å². The highest BCUT2D eigenvalue weighted by Gasteiger charge is 2.36. The number of hydrogen-bond donors (Lipinski definition) is 1. The highest BCUT2D eigenvalue weighted by atomic mass is 32.2. The lowest BCUT2D eigenvalue weighted by atomic mass is 10.0. The topological polar surface area (TPSA) is 81.9 Å². The van der Waals surface area contributed by atoms with Crippen LogP contribution >= 0.6 is 0 Å². The molecule has 2 aliphatic heterocycles. The maximum Gasteiger partial charge on any atom is 0.216 e. The Hall–Kier alpha value is -0.210. The van der Waals surface area contributed by atoms with Gasteiger partial charge in [-0.2, -0.15) is 4.31 Å². The van der Waals surface area contributed by atoms with Gasteiger partial charge in [-0.05, 0) is 32.1 Å². The van der Waals surface area contributed by atoms with Crippen molar-refractivity contribution in [2.75, 3.05) is 32.6 Å². The van der Waals surface area contributed by atoms with Crippen LogP contribution in [0.2, 0.25) is 0 Å². The summed E-state index contributed by atoms with van der Waals surface area (Å²) in [6.07, 6.45) is 4.28. The lowest BCUT2D eigenvalue weighted by molar-refractivity contribution is 0.0264. The molecule has 0 spiro atoms. The molecule has 0 radical (unpaired) electrons. The summed E-state index contributed by atoms with van der Waals surface area (Å²) in [7, 11) is -1.64. The van der Waals surface area contributed by atoms with Gasteiger partial charge in [-0.15, -0.1) is 0 Å². The highest BCUT2D eigenvalue weighted by molar-refractivity contribution is 7.89. The van der Waals surface area contributed by atoms with E-state index >= 15 is 0 Å². The van der Waals surface area contributed by atoms with Gasteiger partial charge in [0.25, 0.3) is 0 Å². The third kappa shape index (κ3) is 3.92. The summed E-state index contributed by atoms with van der Waals surface area (Å²) in [5.74, 6) is 0.0845. The second-order valence-corrected chi connectivity index (χ2v) is 7.62. The van der Waals surface area contributed by atoms with Gasteiger partial charge in [0.05, 0.1) is 18.0 Å². The summed E-state index contributed by atoms with van der Waals surface area (Å²) >= 11 is 0. The van der Waals surface area contributed by atoms with E-state index in [2.05, 4.69) is 0 Å². The smallest absolute Gasteiger partial charge is 0.216 e. The van der Waals surface area contributed by atoms with Crippen LogP contribution in [0.1, 0.15) is 32.1 Å². The number of hydrogen-bond acceptors (Lipinski definition) is 5. The Kier molecular flexibility index (Phi) is 5.80. The third-order valence-corrected chi connectivity index (χ3v) is 6.24. The Bertz CT molecular complexity index is 395. The zero-order chi connectivity index (χ0) is 14.6. The first-order valence-corrected chi connectivity index (χ1v) is 9.01. The lowest BCUT2D eigenvalue weighted by Gasteiger charge is -2.38. The van der Waals surface area contributed by atoms with Crippen LogP contribution < -0.4 is 5.73 Å². The van der Waals surface area contributed by atoms with Gasteiger partial charge < -0.3 is 15.2 Å². The molecule has 6 nitrogen and oxygen atoms in total. The summed E-state index contributed by atoms with van der Waals surface area (Å²) in [4.78, 5) is 0. The van der Waals surface area contributed by atoms with Crippen LogP contribution in [-0.2, 0) is 19.5 Å². The molecule has 2 N–H and O–H groups in total. The van der Waals surface area contributed by atoms with Gasteiger partial charge in [0.15, 0.2) is 0 Å². The highest BCUT2D eigenvalue weighted by Crippen LogP contribution is 2.24. The molecule has 3 atom stereocenters. The summed E-state index contributed by atoms with van der Waals surface area (Å²) in [6.45, 7) is 1.51. The van der Waals surface area contributed by atoms with Crippen LogP contribution in [-0.4, -0.2) is 63.5 Å². The van der Waals surface area contributed by atoms with Crippen molar-refractivity contribution < 1.29 is 17.9 Å². The van der Waals surface area contributed by atoms with Crippen molar-refractivity contribution in [3.63, 3.8) is 0 Å². The van der Waals surface area contributed by atoms with Gasteiger partial charge in [-0.3, -0.25) is 0 Å². The summed E-state index contributed by atoms with van der Waals surface area (Å²) in [5.41, 5.74) is 5.75. The zero-order valence-corrected chi connectivity index (χ0v) is 13.0. The van der Waals surface area contributed by atoms with Gasteiger partial charge in [-0.25, -0.2) is 8.42 Å². The zero-order valence-electron chi connectivity index (χ0n) is 12.2. The Labute approximate surface area is 121 Å². The molecule has 20 heavy (non-hydrogen) atoms. The van der Waals surface area contributed by atoms with Crippen molar-refractivity contribution in [2.24, 2.45) is 5.73 Å². The van der Waals surface area contributed by atoms with Crippen LogP contribution in [0.5, 0.6) is 0 Å². The van der Waals surface area contributed by atoms with Crippen LogP contribution in [0, 0.1) is 0 Å². The fraction of sp³-hybridized carbons (Fsp3) is 1.00. The molecule has 2 rings (SSSR count). The molecule has 0 amide bonds. The number of nitrogens with zero attached hydrogens (tertiary/aromatic N) is 1. The van der Waals surface area contributed by atoms with Crippen molar-refractivity contribution in [3.8, 4) is 0 Å². The van der Waals surface area contributed by atoms with Crippen molar-refractivity contribution in [1.82, 2.24) is 4.31 Å². The van der Waals surface area contributed by atoms with Crippen LogP contribution in [0.3, 0.4) is 0 Å². The molecule has 7 heteroatoms. The number of sulfonamides is 1. The van der Waals surface area contributed by atoms with Gasteiger partial charge in [0, 0.05) is 32.8 Å². The molecule has 3 unspecified atom stereocenters. The van der Waals surface area contributed by atoms with Gasteiger partial charge in [0.1, 0.15) is 0 Å². The molecule has 2 aliphatic rings. The Morgan fingerprint density at radius 2 is 2.15 bits per heavy atom. The van der Waals surface area contributed by atoms with E-state index in [4.69, 9.17) is 15.2 Å². The predicted octanol–water partition coefficient (Wildman–Crippen LogP) is 0.323. The minimum Gasteiger partial charge on any atom is -0.381 e. The summed E-state index contributed by atoms with van der Waals surface area (Å²) < 4.78 is 37.6. The van der Waals surface area contributed by atoms with E-state index in [1.54, 1.807) is 11.4 Å². The molecule has 2 heterocycles. The molecule has 0 aliphatic carbocycles. The van der Waals surface area contributed by atoms with E-state index in [1.165, 1.54) is 0 Å². The average molecular weight is 306 g/mol. The SMILES string of the molecule is COC1CCN(S(=O)(=O)CC2CCCCO2)C(CN)C1. The van der Waals surface area contributed by atoms with Gasteiger partial charge in [-0.1, -0.05) is 0 Å². The quantitative estimate of drug-likeness (QED) is 0.791. The van der Waals surface area contributed by atoms with Crippen LogP contribution in [0.25, 0.3) is 0 Å². The minimum absolute atomic E-state index is 0.0845. The molecule has 2 fully saturated rings. The maximum atomic E-state index is 12.6. The van der Waals surface area contributed by atoms with Crippen molar-refractivity contribution in [2.45, 2.75) is 50.4 Å². The normalized spacial score (nSPS) is 33.2. The monoisotopic (exact) mass is 306 g/mol. The number of methoxy groups -OCH3 is 1. The predicted molar refractivity (Wildman–Crippen MR) is 77.0 cm³/mol. The molecular formula is C13H26N2O4S. The Balaban J connectivity index is 2.00. The fourth-order valence-corrected chi connectivity index (χ4v) is 4.99. The van der Waals surface area contributed by atoms with Gasteiger partial charge in [0.2, 0.25) is 10.0 Å². The second kappa shape index (κ2) is 7.17. The first kappa shape index (κ1) is 16.2. The average Bonchev–Trinajstić information content (AvgIpc) is 2.47. The van der Waals surface area contributed by atoms with Crippen LogP contribution in [0.15, 0.2) is 0 Å². The Morgan fingerprint density at radius 3 is 2.75 bits per heavy atom. The van der Waals surface area contributed by atoms with E-state index in [9.17, 15) is 8.42 Å². The van der Waals surface area contributed by atoms with E-state index in [0.29, 0.717) is 26.1 Å². The van der Waals surface area contributed by atoms with Crippen molar-refractivity contribution >= 4 is 10.0 Å². The molecule has 0 bridgehead atoms. The third-order valence-electron chi connectivity index (χ3n) is 4.25. The van der Waals surface area contributed by atoms with E-state index < -0.39 is 10.0 Å². The van der Waals surface area contributed by atoms with Crippen molar-refractivity contribution in [3.05, 3.63) is 0 Å². The first-order valence-electron chi connectivity index (χ1n) is 7.41. The number of nitrogens with two attached hydrogens (primary N) is 1. The van der Waals surface area contributed by atoms with Gasteiger partial charge >= 0.3 is 0 Å². The molecule has 118 valence electrons. The summed E-state index contributed by atoms with van der Waals surface area (Å²) in [6, 6.07) is -0.151. The lowest BCUT2D eigenvalue weighted by Crippen LogP contribution is -2.52. The fourth-order valence-electron chi connectivity index (χ4n) is 3.06. The number of ether oxygens (including phenoxy) is 2. The van der Waals surface area contributed by atoms with E-state index in [0.717, 1.165) is 25.7 Å². The molecule has 0 aromatic heterocycles. The van der Waals surface area contributed by atoms with E-state index in [1.807, 2.05) is 0 Å². The number of piperidine rings is 1.